The van der Waals surface area contributed by atoms with E-state index in [1.165, 1.54) is 17.5 Å². The smallest absolute Gasteiger partial charge is 2.00 e. The molecule has 2 rings (SSSR count). The molecule has 5 heteroatoms. The second kappa shape index (κ2) is 17.8. The fourth-order valence-corrected chi connectivity index (χ4v) is 14.4. The maximum Gasteiger partial charge on any atom is 2.00 e. The monoisotopic (exact) mass is 1010 g/mol. The minimum absolute atomic E-state index is 0. The number of benzene rings is 2. The molecule has 0 bridgehead atoms. The second-order valence-electron chi connectivity index (χ2n) is 8.49. The van der Waals surface area contributed by atoms with Crippen LogP contribution in [0.3, 0.4) is 0 Å². The van der Waals surface area contributed by atoms with Gasteiger partial charge in [0.15, 0.2) is 0 Å². The fourth-order valence-electron chi connectivity index (χ4n) is 3.09. The molecule has 0 fully saturated rings. The van der Waals surface area contributed by atoms with E-state index in [2.05, 4.69) is 87.5 Å². The van der Waals surface area contributed by atoms with Crippen molar-refractivity contribution in [2.45, 2.75) is 56.4 Å². The van der Waals surface area contributed by atoms with E-state index in [4.69, 9.17) is 0 Å². The van der Waals surface area contributed by atoms with Crippen molar-refractivity contribution in [1.82, 2.24) is 0 Å². The first-order valence-electron chi connectivity index (χ1n) is 9.91. The molecule has 0 saturated heterocycles. The van der Waals surface area contributed by atoms with Crippen LogP contribution in [0, 0.1) is 0 Å². The van der Waals surface area contributed by atoms with Gasteiger partial charge in [0.2, 0.25) is 0 Å². The van der Waals surface area contributed by atoms with E-state index in [0.29, 0.717) is 0 Å². The van der Waals surface area contributed by atoms with E-state index in [1.54, 1.807) is 22.3 Å². The van der Waals surface area contributed by atoms with E-state index in [0.717, 1.165) is 0 Å². The van der Waals surface area contributed by atoms with Gasteiger partial charge in [-0.15, -0.1) is 0 Å². The molecule has 0 aliphatic heterocycles. The molecule has 0 atom stereocenters. The SMILES string of the molecule is [CH3][Sb]([CH3])[CH2]c1ccccc1[CH2][Sb]([CH3])[CH3].[CH3][Sb]([CH3])[CH2]c1ccccc1[CH2][Sb]([CH3])[CH3].[Pt+2]. The van der Waals surface area contributed by atoms with E-state index in [-0.39, 0.29) is 21.1 Å². The molecule has 0 aromatic heterocycles. The summed E-state index contributed by atoms with van der Waals surface area (Å²) in [6.45, 7) is 0. The van der Waals surface area contributed by atoms with Gasteiger partial charge in [0, 0.05) is 0 Å². The summed E-state index contributed by atoms with van der Waals surface area (Å²) in [5, 5.41) is 0. The van der Waals surface area contributed by atoms with Crippen molar-refractivity contribution >= 4 is 80.8 Å². The molecule has 164 valence electrons. The van der Waals surface area contributed by atoms with Crippen molar-refractivity contribution in [3.05, 3.63) is 70.8 Å². The molecule has 0 unspecified atom stereocenters. The van der Waals surface area contributed by atoms with Crippen LogP contribution in [0.4, 0.5) is 0 Å². The Morgan fingerprint density at radius 1 is 0.414 bits per heavy atom. The van der Waals surface area contributed by atoms with Crippen LogP contribution in [0.25, 0.3) is 0 Å². The van der Waals surface area contributed by atoms with Crippen molar-refractivity contribution in [2.24, 2.45) is 0 Å². The molecule has 0 amide bonds. The summed E-state index contributed by atoms with van der Waals surface area (Å²) in [5.41, 5.74) is 6.66. The van der Waals surface area contributed by atoms with Gasteiger partial charge in [-0.1, -0.05) is 0 Å². The summed E-state index contributed by atoms with van der Waals surface area (Å²) in [7, 11) is 0. The van der Waals surface area contributed by atoms with E-state index >= 15 is 0 Å². The van der Waals surface area contributed by atoms with Gasteiger partial charge in [-0.3, -0.25) is 0 Å². The first kappa shape index (κ1) is 31.4. The van der Waals surface area contributed by atoms with Crippen LogP contribution in [-0.2, 0) is 38.5 Å². The Labute approximate surface area is 225 Å². The summed E-state index contributed by atoms with van der Waals surface area (Å²) < 4.78 is 5.70. The van der Waals surface area contributed by atoms with Crippen LogP contribution in [0.5, 0.6) is 0 Å². The Hall–Kier alpha value is 2.40. The molecule has 0 heterocycles. The van der Waals surface area contributed by atoms with Gasteiger partial charge in [0.25, 0.3) is 0 Å². The molecular formula is C24H40PtSb4+2. The van der Waals surface area contributed by atoms with E-state index in [9.17, 15) is 0 Å². The molecule has 0 nitrogen and oxygen atoms in total. The minimum atomic E-state index is -0.842. The van der Waals surface area contributed by atoms with Crippen LogP contribution >= 0.6 is 0 Å². The van der Waals surface area contributed by atoms with Crippen LogP contribution < -0.4 is 0 Å². The van der Waals surface area contributed by atoms with Crippen LogP contribution in [0.15, 0.2) is 48.5 Å². The molecule has 0 radical (unpaired) electrons. The Kier molecular flexibility index (Phi) is 19.3. The standard InChI is InChI=1S/2C8H8.8CH3.Pt.4Sb/c2*1-7-5-3-4-6-8(7)2;;;;;;;;;;;;;/h2*3-6H,1-2H2;8*1H3;;;;;/q;;;;;;;;;;+2;;;;. The zero-order valence-electron chi connectivity index (χ0n) is 19.6. The first-order chi connectivity index (χ1) is 13.2. The molecular weight excluding hydrogens is 970 g/mol. The molecule has 0 spiro atoms. The normalized spacial score (nSPS) is 10.9. The largest absolute Gasteiger partial charge is 2.00 e. The average Bonchev–Trinajstić information content (AvgIpc) is 2.57. The van der Waals surface area contributed by atoms with Crippen molar-refractivity contribution in [1.29, 1.82) is 0 Å². The van der Waals surface area contributed by atoms with Gasteiger partial charge in [-0.05, 0) is 0 Å². The van der Waals surface area contributed by atoms with Gasteiger partial charge in [0.1, 0.15) is 0 Å². The number of hydrogen-bond donors (Lipinski definition) is 0. The third kappa shape index (κ3) is 15.0. The van der Waals surface area contributed by atoms with Crippen molar-refractivity contribution in [3.8, 4) is 0 Å². The fraction of sp³-hybridized carbons (Fsp3) is 0.500. The number of rotatable bonds is 8. The number of hydrogen-bond acceptors (Lipinski definition) is 0. The Morgan fingerprint density at radius 2 is 0.586 bits per heavy atom. The Balaban J connectivity index is 0.000000523. The first-order valence-corrected chi connectivity index (χ1v) is 37.6. The Bertz CT molecular complexity index is 567. The van der Waals surface area contributed by atoms with Crippen molar-refractivity contribution < 1.29 is 21.1 Å². The van der Waals surface area contributed by atoms with E-state index in [1.807, 2.05) is 0 Å². The summed E-state index contributed by atoms with van der Waals surface area (Å²) in [6, 6.07) is 18.2. The minimum Gasteiger partial charge on any atom is 2.00 e. The summed E-state index contributed by atoms with van der Waals surface area (Å²) >= 11 is -3.37. The predicted octanol–water partition coefficient (Wildman–Crippen LogP) is 6.72. The maximum atomic E-state index is 2.48. The van der Waals surface area contributed by atoms with Gasteiger partial charge >= 0.3 is 229 Å². The molecule has 29 heavy (non-hydrogen) atoms. The molecule has 2 aromatic rings. The second-order valence-corrected chi connectivity index (χ2v) is 36.8. The van der Waals surface area contributed by atoms with Gasteiger partial charge in [-0.2, -0.15) is 0 Å². The third-order valence-electron chi connectivity index (χ3n) is 4.18. The maximum absolute atomic E-state index is 2.48. The summed E-state index contributed by atoms with van der Waals surface area (Å²) in [5.74, 6) is 0. The van der Waals surface area contributed by atoms with Gasteiger partial charge in [-0.25, -0.2) is 0 Å². The predicted molar refractivity (Wildman–Crippen MR) is 138 cm³/mol. The van der Waals surface area contributed by atoms with Crippen LogP contribution in [-0.4, -0.2) is 80.8 Å². The molecule has 2 aromatic carbocycles. The zero-order chi connectivity index (χ0) is 21.1. The third-order valence-corrected chi connectivity index (χ3v) is 15.3. The van der Waals surface area contributed by atoms with Crippen molar-refractivity contribution in [3.63, 3.8) is 0 Å². The van der Waals surface area contributed by atoms with Crippen LogP contribution in [0.2, 0.25) is 39.0 Å². The average molecular weight is 1010 g/mol. The summed E-state index contributed by atoms with van der Waals surface area (Å²) in [6.07, 6.45) is 0. The summed E-state index contributed by atoms with van der Waals surface area (Å²) in [4.78, 5) is 19.9. The van der Waals surface area contributed by atoms with Crippen LogP contribution in [0.1, 0.15) is 22.3 Å². The van der Waals surface area contributed by atoms with Crippen molar-refractivity contribution in [2.75, 3.05) is 0 Å². The zero-order valence-corrected chi connectivity index (χ0v) is 32.0. The topological polar surface area (TPSA) is 0 Å². The molecule has 0 aliphatic rings. The van der Waals surface area contributed by atoms with Gasteiger partial charge in [0.05, 0.1) is 0 Å². The Morgan fingerprint density at radius 3 is 0.724 bits per heavy atom. The molecule has 0 saturated carbocycles. The molecule has 0 N–H and O–H groups in total. The van der Waals surface area contributed by atoms with E-state index < -0.39 is 80.8 Å². The van der Waals surface area contributed by atoms with Gasteiger partial charge < -0.3 is 0 Å². The quantitative estimate of drug-likeness (QED) is 0.258. The molecule has 0 aliphatic carbocycles.